The van der Waals surface area contributed by atoms with Crippen molar-refractivity contribution in [3.05, 3.63) is 77.8 Å². The van der Waals surface area contributed by atoms with Gasteiger partial charge in [0.15, 0.2) is 5.13 Å². The van der Waals surface area contributed by atoms with Crippen LogP contribution in [-0.2, 0) is 29.8 Å². The number of allylic oxidation sites excluding steroid dienone is 1. The number of aromatic nitrogens is 2. The summed E-state index contributed by atoms with van der Waals surface area (Å²) in [6.07, 6.45) is 8.37. The van der Waals surface area contributed by atoms with E-state index in [2.05, 4.69) is 36.1 Å². The minimum absolute atomic E-state index is 0.0934. The first-order chi connectivity index (χ1) is 28.6. The molecule has 5 atom stereocenters. The third kappa shape index (κ3) is 8.47. The van der Waals surface area contributed by atoms with Crippen molar-refractivity contribution in [2.45, 2.75) is 119 Å². The predicted molar refractivity (Wildman–Crippen MR) is 232 cm³/mol. The van der Waals surface area contributed by atoms with Crippen molar-refractivity contribution in [1.82, 2.24) is 24.9 Å². The number of pyridine rings is 1. The molecule has 3 fully saturated rings. The van der Waals surface area contributed by atoms with Crippen LogP contribution in [0.15, 0.2) is 72.1 Å². The van der Waals surface area contributed by atoms with E-state index in [1.54, 1.807) is 18.9 Å². The SMILES string of the molecule is COc1ccc2c(O[C@@H]3C[C@H]4C(=O)N[C@]5(C(=O)NS(=O)(=O)C6(C)CC6)C[C@H]5C=CCCCCC[C@H](Nc5nc(C(C)(C)C)cs5)C(=O)N4C3)cc(-c3ccccc3)nc2c1. The topological polar surface area (TPSA) is 169 Å². The number of sulfonamides is 1. The van der Waals surface area contributed by atoms with Gasteiger partial charge in [-0.3, -0.25) is 19.1 Å². The number of nitrogens with zero attached hydrogens (tertiary/aromatic N) is 3. The van der Waals surface area contributed by atoms with Crippen LogP contribution in [0.25, 0.3) is 22.2 Å². The smallest absolute Gasteiger partial charge is 0.259 e. The summed E-state index contributed by atoms with van der Waals surface area (Å²) in [5.74, 6) is -0.792. The maximum absolute atomic E-state index is 15.0. The summed E-state index contributed by atoms with van der Waals surface area (Å²) in [5.41, 5.74) is 1.49. The molecule has 4 heterocycles. The van der Waals surface area contributed by atoms with E-state index in [-0.39, 0.29) is 30.7 Å². The Labute approximate surface area is 355 Å². The Morgan fingerprint density at radius 1 is 1.03 bits per heavy atom. The van der Waals surface area contributed by atoms with Gasteiger partial charge in [0, 0.05) is 46.2 Å². The molecule has 15 heteroatoms. The first-order valence-corrected chi connectivity index (χ1v) is 23.2. The highest BCUT2D eigenvalue weighted by Crippen LogP contribution is 2.48. The average Bonchev–Trinajstić information content (AvgIpc) is 4.00. The molecule has 318 valence electrons. The molecule has 0 bridgehead atoms. The molecule has 8 rings (SSSR count). The summed E-state index contributed by atoms with van der Waals surface area (Å²) < 4.78 is 40.2. The Bertz CT molecular complexity index is 2430. The van der Waals surface area contributed by atoms with Gasteiger partial charge in [0.1, 0.15) is 35.2 Å². The predicted octanol–water partition coefficient (Wildman–Crippen LogP) is 6.89. The van der Waals surface area contributed by atoms with Gasteiger partial charge in [-0.15, -0.1) is 11.3 Å². The summed E-state index contributed by atoms with van der Waals surface area (Å²) in [4.78, 5) is 55.1. The minimum atomic E-state index is -3.98. The number of rotatable bonds is 9. The summed E-state index contributed by atoms with van der Waals surface area (Å²) in [5, 5.41) is 9.79. The van der Waals surface area contributed by atoms with E-state index in [0.717, 1.165) is 42.3 Å². The maximum Gasteiger partial charge on any atom is 0.259 e. The van der Waals surface area contributed by atoms with Crippen molar-refractivity contribution in [1.29, 1.82) is 0 Å². The van der Waals surface area contributed by atoms with E-state index in [1.807, 2.05) is 72.1 Å². The highest BCUT2D eigenvalue weighted by molar-refractivity contribution is 7.91. The van der Waals surface area contributed by atoms with Crippen molar-refractivity contribution < 1.29 is 32.3 Å². The Morgan fingerprint density at radius 2 is 1.82 bits per heavy atom. The van der Waals surface area contributed by atoms with Crippen molar-refractivity contribution in [2.75, 3.05) is 19.0 Å². The molecule has 2 aromatic carbocycles. The van der Waals surface area contributed by atoms with E-state index in [4.69, 9.17) is 19.4 Å². The fourth-order valence-corrected chi connectivity index (χ4v) is 10.4. The van der Waals surface area contributed by atoms with Crippen LogP contribution in [-0.4, -0.2) is 83.1 Å². The van der Waals surface area contributed by atoms with Gasteiger partial charge in [0.05, 0.1) is 35.3 Å². The number of benzene rings is 2. The second-order valence-corrected chi connectivity index (χ2v) is 21.0. The lowest BCUT2D eigenvalue weighted by Crippen LogP contribution is -2.58. The molecule has 2 aliphatic carbocycles. The molecular formula is C45H54N6O7S2. The summed E-state index contributed by atoms with van der Waals surface area (Å²) in [7, 11) is -2.38. The highest BCUT2D eigenvalue weighted by Gasteiger charge is 2.63. The van der Waals surface area contributed by atoms with Crippen LogP contribution >= 0.6 is 11.3 Å². The van der Waals surface area contributed by atoms with Crippen molar-refractivity contribution >= 4 is 55.1 Å². The van der Waals surface area contributed by atoms with Gasteiger partial charge in [-0.1, -0.05) is 76.1 Å². The highest BCUT2D eigenvalue weighted by atomic mass is 32.2. The third-order valence-electron chi connectivity index (χ3n) is 12.4. The quantitative estimate of drug-likeness (QED) is 0.151. The van der Waals surface area contributed by atoms with Crippen LogP contribution in [0.3, 0.4) is 0 Å². The Kier molecular flexibility index (Phi) is 11.2. The second-order valence-electron chi connectivity index (χ2n) is 17.9. The second kappa shape index (κ2) is 16.1. The molecule has 4 aromatic rings. The Morgan fingerprint density at radius 3 is 2.53 bits per heavy atom. The molecule has 0 unspecified atom stereocenters. The van der Waals surface area contributed by atoms with Gasteiger partial charge < -0.3 is 25.0 Å². The van der Waals surface area contributed by atoms with Crippen LogP contribution in [0.4, 0.5) is 5.13 Å². The monoisotopic (exact) mass is 854 g/mol. The molecule has 2 saturated carbocycles. The molecule has 4 aliphatic rings. The van der Waals surface area contributed by atoms with Gasteiger partial charge >= 0.3 is 0 Å². The molecule has 2 aliphatic heterocycles. The zero-order chi connectivity index (χ0) is 42.5. The molecule has 13 nitrogen and oxygen atoms in total. The number of carbonyl (C=O) groups is 3. The number of ether oxygens (including phenoxy) is 2. The molecule has 2 aromatic heterocycles. The number of methoxy groups -OCH3 is 1. The Hall–Kier alpha value is -5.02. The van der Waals surface area contributed by atoms with E-state index < -0.39 is 56.2 Å². The summed E-state index contributed by atoms with van der Waals surface area (Å²) >= 11 is 1.45. The molecule has 60 heavy (non-hydrogen) atoms. The van der Waals surface area contributed by atoms with E-state index in [0.29, 0.717) is 47.1 Å². The molecule has 3 N–H and O–H groups in total. The normalized spacial score (nSPS) is 25.6. The lowest BCUT2D eigenvalue weighted by molar-refractivity contribution is -0.140. The van der Waals surface area contributed by atoms with Crippen LogP contribution in [0.5, 0.6) is 11.5 Å². The summed E-state index contributed by atoms with van der Waals surface area (Å²) in [6, 6.07) is 15.5. The zero-order valence-corrected chi connectivity index (χ0v) is 36.5. The van der Waals surface area contributed by atoms with Crippen LogP contribution < -0.4 is 24.8 Å². The van der Waals surface area contributed by atoms with Crippen molar-refractivity contribution in [3.63, 3.8) is 0 Å². The molecule has 3 amide bonds. The number of hydrogen-bond acceptors (Lipinski definition) is 11. The number of nitrogens with one attached hydrogen (secondary N) is 3. The van der Waals surface area contributed by atoms with Crippen LogP contribution in [0.2, 0.25) is 0 Å². The number of anilines is 1. The fourth-order valence-electron chi connectivity index (χ4n) is 8.12. The molecule has 1 saturated heterocycles. The number of hydrogen-bond donors (Lipinski definition) is 3. The number of fused-ring (bicyclic) bond motifs is 3. The van der Waals surface area contributed by atoms with E-state index >= 15 is 0 Å². The average molecular weight is 855 g/mol. The molecule has 0 radical (unpaired) electrons. The van der Waals surface area contributed by atoms with E-state index in [1.165, 1.54) is 11.3 Å². The van der Waals surface area contributed by atoms with Crippen molar-refractivity contribution in [2.24, 2.45) is 5.92 Å². The molecular weight excluding hydrogens is 801 g/mol. The van der Waals surface area contributed by atoms with Gasteiger partial charge in [-0.25, -0.2) is 18.4 Å². The van der Waals surface area contributed by atoms with Gasteiger partial charge in [-0.05, 0) is 57.6 Å². The first kappa shape index (κ1) is 41.7. The van der Waals surface area contributed by atoms with Gasteiger partial charge in [0.2, 0.25) is 21.8 Å². The Balaban J connectivity index is 1.14. The number of carbonyl (C=O) groups excluding carboxylic acids is 3. The molecule has 0 spiro atoms. The largest absolute Gasteiger partial charge is 0.497 e. The summed E-state index contributed by atoms with van der Waals surface area (Å²) in [6.45, 7) is 7.98. The maximum atomic E-state index is 15.0. The van der Waals surface area contributed by atoms with Crippen LogP contribution in [0, 0.1) is 5.92 Å². The van der Waals surface area contributed by atoms with Gasteiger partial charge in [0.25, 0.3) is 5.91 Å². The zero-order valence-electron chi connectivity index (χ0n) is 34.8. The minimum Gasteiger partial charge on any atom is -0.497 e. The first-order valence-electron chi connectivity index (χ1n) is 20.9. The van der Waals surface area contributed by atoms with E-state index in [9.17, 15) is 22.8 Å². The van der Waals surface area contributed by atoms with Crippen LogP contribution in [0.1, 0.15) is 91.2 Å². The number of thiazole rings is 1. The number of amides is 3. The fraction of sp³-hybridized carbons (Fsp3) is 0.489. The van der Waals surface area contributed by atoms with Gasteiger partial charge in [-0.2, -0.15) is 0 Å². The lowest BCUT2D eigenvalue weighted by Gasteiger charge is -2.30. The lowest BCUT2D eigenvalue weighted by atomic mass is 9.93. The third-order valence-corrected chi connectivity index (χ3v) is 15.3. The standard InChI is InChI=1S/C45H54N6O7S2/c1-43(2,3)38-27-59-42(48-38)47-33-17-13-8-6-7-12-16-29-25-45(29,41(54)50-60(55,56)44(4)20-21-44)49-39(52)36-23-31(26-51(36)40(33)53)58-37-24-34(28-14-10-9-11-15-28)46-35-22-30(57-5)18-19-32(35)37/h9-12,14-16,18-19,22,24,27,29,31,33,36H,6-8,13,17,20-21,23,25-26H2,1-5H3,(H,47,48)(H,49,52)(H,50,54)/t29-,31-,33+,36+,45-/m1/s1. The van der Waals surface area contributed by atoms with Crippen molar-refractivity contribution in [3.8, 4) is 22.8 Å².